The Labute approximate surface area is 189 Å². The first-order valence-corrected chi connectivity index (χ1v) is 9.88. The molecular formula is C23H23N3O7. The number of amides is 3. The van der Waals surface area contributed by atoms with Crippen LogP contribution in [0.5, 0.6) is 5.75 Å². The Morgan fingerprint density at radius 2 is 1.82 bits per heavy atom. The van der Waals surface area contributed by atoms with Crippen LogP contribution in [0, 0.1) is 5.92 Å². The largest absolute Gasteiger partial charge is 0.482 e. The molecule has 0 aromatic heterocycles. The van der Waals surface area contributed by atoms with Gasteiger partial charge in [-0.25, -0.2) is 14.4 Å². The van der Waals surface area contributed by atoms with Crippen LogP contribution in [0.3, 0.4) is 0 Å². The summed E-state index contributed by atoms with van der Waals surface area (Å²) < 4.78 is 14.7. The molecule has 33 heavy (non-hydrogen) atoms. The summed E-state index contributed by atoms with van der Waals surface area (Å²) in [5.74, 6) is -2.23. The van der Waals surface area contributed by atoms with Crippen LogP contribution in [-0.4, -0.2) is 44.7 Å². The monoisotopic (exact) mass is 453 g/mol. The molecule has 0 spiro atoms. The zero-order valence-electron chi connectivity index (χ0n) is 18.0. The Bertz CT molecular complexity index is 1100. The zero-order valence-corrected chi connectivity index (χ0v) is 18.0. The SMILES string of the molecule is C=C1NC(=O)N[C@@H](c2cccc(OCC(=O)OC)c2)[C@@H]1C(=O)Nc1ccccc1C(=O)OC. The van der Waals surface area contributed by atoms with E-state index in [-0.39, 0.29) is 23.6 Å². The molecule has 0 saturated carbocycles. The van der Waals surface area contributed by atoms with E-state index in [1.807, 2.05) is 0 Å². The second-order valence-electron chi connectivity index (χ2n) is 7.04. The molecule has 1 heterocycles. The molecule has 3 N–H and O–H groups in total. The predicted octanol–water partition coefficient (Wildman–Crippen LogP) is 2.15. The first kappa shape index (κ1) is 23.3. The maximum absolute atomic E-state index is 13.3. The average Bonchev–Trinajstić information content (AvgIpc) is 2.81. The molecule has 10 nitrogen and oxygen atoms in total. The van der Waals surface area contributed by atoms with Crippen molar-refractivity contribution in [3.63, 3.8) is 0 Å². The van der Waals surface area contributed by atoms with E-state index in [2.05, 4.69) is 27.3 Å². The maximum Gasteiger partial charge on any atom is 0.343 e. The number of methoxy groups -OCH3 is 2. The fourth-order valence-electron chi connectivity index (χ4n) is 3.36. The number of para-hydroxylation sites is 1. The number of hydrogen-bond acceptors (Lipinski definition) is 7. The number of rotatable bonds is 7. The van der Waals surface area contributed by atoms with E-state index >= 15 is 0 Å². The van der Waals surface area contributed by atoms with Gasteiger partial charge in [-0.1, -0.05) is 30.8 Å². The van der Waals surface area contributed by atoms with Crippen LogP contribution in [0.2, 0.25) is 0 Å². The van der Waals surface area contributed by atoms with Crippen LogP contribution < -0.4 is 20.7 Å². The molecule has 2 atom stereocenters. The lowest BCUT2D eigenvalue weighted by atomic mass is 9.88. The summed E-state index contributed by atoms with van der Waals surface area (Å²) in [6.07, 6.45) is 0. The molecule has 3 rings (SSSR count). The van der Waals surface area contributed by atoms with Gasteiger partial charge in [-0.15, -0.1) is 0 Å². The molecule has 1 aliphatic heterocycles. The van der Waals surface area contributed by atoms with E-state index in [4.69, 9.17) is 9.47 Å². The van der Waals surface area contributed by atoms with E-state index in [0.717, 1.165) is 0 Å². The highest BCUT2D eigenvalue weighted by molar-refractivity contribution is 6.03. The fraction of sp³-hybridized carbons (Fsp3) is 0.217. The molecule has 0 aliphatic carbocycles. The summed E-state index contributed by atoms with van der Waals surface area (Å²) in [6, 6.07) is 11.7. The number of nitrogens with one attached hydrogen (secondary N) is 3. The highest BCUT2D eigenvalue weighted by Gasteiger charge is 2.38. The van der Waals surface area contributed by atoms with Crippen molar-refractivity contribution in [1.82, 2.24) is 10.6 Å². The van der Waals surface area contributed by atoms with Crippen molar-refractivity contribution < 1.29 is 33.4 Å². The average molecular weight is 453 g/mol. The molecule has 0 radical (unpaired) electrons. The van der Waals surface area contributed by atoms with Crippen molar-refractivity contribution in [2.45, 2.75) is 6.04 Å². The minimum atomic E-state index is -0.927. The van der Waals surface area contributed by atoms with Gasteiger partial charge < -0.3 is 30.2 Å². The van der Waals surface area contributed by atoms with Gasteiger partial charge in [0.05, 0.1) is 31.5 Å². The Morgan fingerprint density at radius 1 is 1.06 bits per heavy atom. The third-order valence-corrected chi connectivity index (χ3v) is 4.94. The quantitative estimate of drug-likeness (QED) is 0.547. The zero-order chi connectivity index (χ0) is 24.0. The molecular weight excluding hydrogens is 430 g/mol. The molecule has 1 fully saturated rings. The molecule has 0 unspecified atom stereocenters. The first-order valence-electron chi connectivity index (χ1n) is 9.88. The minimum absolute atomic E-state index is 0.178. The van der Waals surface area contributed by atoms with Gasteiger partial charge in [0.1, 0.15) is 11.7 Å². The number of carbonyl (C=O) groups is 4. The predicted molar refractivity (Wildman–Crippen MR) is 117 cm³/mol. The third-order valence-electron chi connectivity index (χ3n) is 4.94. The third kappa shape index (κ3) is 5.48. The highest BCUT2D eigenvalue weighted by atomic mass is 16.6. The lowest BCUT2D eigenvalue weighted by Crippen LogP contribution is -2.51. The second kappa shape index (κ2) is 10.3. The van der Waals surface area contributed by atoms with Crippen LogP contribution in [0.4, 0.5) is 10.5 Å². The number of anilines is 1. The van der Waals surface area contributed by atoms with Gasteiger partial charge in [-0.3, -0.25) is 4.79 Å². The number of hydrogen-bond donors (Lipinski definition) is 3. The van der Waals surface area contributed by atoms with Crippen LogP contribution >= 0.6 is 0 Å². The fourth-order valence-corrected chi connectivity index (χ4v) is 3.36. The van der Waals surface area contributed by atoms with E-state index < -0.39 is 35.8 Å². The molecule has 1 saturated heterocycles. The van der Waals surface area contributed by atoms with E-state index in [0.29, 0.717) is 11.3 Å². The van der Waals surface area contributed by atoms with Crippen molar-refractivity contribution in [1.29, 1.82) is 0 Å². The van der Waals surface area contributed by atoms with Crippen molar-refractivity contribution in [2.24, 2.45) is 5.92 Å². The molecule has 0 bridgehead atoms. The Hall–Kier alpha value is -4.34. The molecule has 10 heteroatoms. The van der Waals surface area contributed by atoms with Gasteiger partial charge >= 0.3 is 18.0 Å². The number of benzene rings is 2. The number of ether oxygens (including phenoxy) is 3. The molecule has 2 aromatic carbocycles. The van der Waals surface area contributed by atoms with Gasteiger partial charge in [-0.2, -0.15) is 0 Å². The van der Waals surface area contributed by atoms with E-state index in [1.54, 1.807) is 42.5 Å². The van der Waals surface area contributed by atoms with Gasteiger partial charge in [0.2, 0.25) is 5.91 Å². The summed E-state index contributed by atoms with van der Waals surface area (Å²) in [7, 11) is 2.49. The molecule has 172 valence electrons. The van der Waals surface area contributed by atoms with Crippen molar-refractivity contribution in [2.75, 3.05) is 26.1 Å². The Balaban J connectivity index is 1.88. The van der Waals surface area contributed by atoms with Crippen LogP contribution in [-0.2, 0) is 19.1 Å². The van der Waals surface area contributed by atoms with Crippen LogP contribution in [0.25, 0.3) is 0 Å². The number of esters is 2. The first-order chi connectivity index (χ1) is 15.8. The molecule has 1 aliphatic rings. The normalized spacial score (nSPS) is 17.3. The van der Waals surface area contributed by atoms with Gasteiger partial charge in [0.15, 0.2) is 6.61 Å². The Kier molecular flexibility index (Phi) is 7.29. The summed E-state index contributed by atoms with van der Waals surface area (Å²) in [5, 5.41) is 7.96. The standard InChI is InChI=1S/C23H23N3O7/c1-13-19(21(28)25-17-10-5-4-9-16(17)22(29)32-3)20(26-23(30)24-13)14-7-6-8-15(11-14)33-12-18(27)31-2/h4-11,19-20H,1,12H2,2-3H3,(H,25,28)(H2,24,26,30)/t19-,20+/m1/s1. The second-order valence-corrected chi connectivity index (χ2v) is 7.04. The summed E-state index contributed by atoms with van der Waals surface area (Å²) in [6.45, 7) is 3.54. The maximum atomic E-state index is 13.3. The summed E-state index contributed by atoms with van der Waals surface area (Å²) in [5.41, 5.74) is 1.17. The summed E-state index contributed by atoms with van der Waals surface area (Å²) in [4.78, 5) is 48.8. The van der Waals surface area contributed by atoms with E-state index in [1.165, 1.54) is 20.3 Å². The van der Waals surface area contributed by atoms with Crippen LogP contribution in [0.1, 0.15) is 22.0 Å². The van der Waals surface area contributed by atoms with Gasteiger partial charge in [0, 0.05) is 5.70 Å². The number of carbonyl (C=O) groups excluding carboxylic acids is 4. The van der Waals surface area contributed by atoms with Gasteiger partial charge in [0.25, 0.3) is 0 Å². The minimum Gasteiger partial charge on any atom is -0.482 e. The number of urea groups is 1. The van der Waals surface area contributed by atoms with Crippen molar-refractivity contribution in [3.8, 4) is 5.75 Å². The molecule has 2 aromatic rings. The summed E-state index contributed by atoms with van der Waals surface area (Å²) >= 11 is 0. The van der Waals surface area contributed by atoms with Crippen LogP contribution in [0.15, 0.2) is 60.8 Å². The Morgan fingerprint density at radius 3 is 2.55 bits per heavy atom. The topological polar surface area (TPSA) is 132 Å². The van der Waals surface area contributed by atoms with E-state index in [9.17, 15) is 19.2 Å². The molecule has 3 amide bonds. The van der Waals surface area contributed by atoms with Crippen molar-refractivity contribution >= 4 is 29.6 Å². The highest BCUT2D eigenvalue weighted by Crippen LogP contribution is 2.32. The smallest absolute Gasteiger partial charge is 0.343 e. The van der Waals surface area contributed by atoms with Gasteiger partial charge in [-0.05, 0) is 29.8 Å². The lowest BCUT2D eigenvalue weighted by molar-refractivity contribution is -0.142. The van der Waals surface area contributed by atoms with Crippen molar-refractivity contribution in [3.05, 3.63) is 71.9 Å². The lowest BCUT2D eigenvalue weighted by Gasteiger charge is -2.34.